The van der Waals surface area contributed by atoms with Crippen molar-refractivity contribution in [2.45, 2.75) is 35.6 Å². The number of carbonyl (C=O) groups is 1. The number of carbonyl (C=O) groups excluding carboxylic acids is 1. The summed E-state index contributed by atoms with van der Waals surface area (Å²) in [6.07, 6.45) is -0.518. The molecule has 6 nitrogen and oxygen atoms in total. The van der Waals surface area contributed by atoms with Gasteiger partial charge in [-0.05, 0) is 46.7 Å². The Bertz CT molecular complexity index is 1590. The Balaban J connectivity index is 1.32. The Morgan fingerprint density at radius 3 is 1.31 bits per heavy atom. The first-order chi connectivity index (χ1) is 23.6. The molecule has 5 aromatic carbocycles. The maximum absolute atomic E-state index is 12.8. The Morgan fingerprint density at radius 1 is 0.604 bits per heavy atom. The maximum atomic E-state index is 12.8. The van der Waals surface area contributed by atoms with Crippen LogP contribution in [-0.4, -0.2) is 46.1 Å². The molecule has 2 aliphatic rings. The van der Waals surface area contributed by atoms with E-state index in [1.807, 2.05) is 91.0 Å². The number of methoxy groups -OCH3 is 2. The van der Waals surface area contributed by atoms with E-state index in [0.717, 1.165) is 28.7 Å². The molecule has 0 unspecified atom stereocenters. The minimum absolute atomic E-state index is 0.0169. The summed E-state index contributed by atoms with van der Waals surface area (Å²) in [6, 6.07) is 49.8. The number of hydrogen-bond donors (Lipinski definition) is 0. The van der Waals surface area contributed by atoms with E-state index in [9.17, 15) is 4.79 Å². The van der Waals surface area contributed by atoms with Crippen molar-refractivity contribution in [1.29, 1.82) is 0 Å². The first-order valence-electron chi connectivity index (χ1n) is 16.5. The van der Waals surface area contributed by atoms with Gasteiger partial charge in [0.1, 0.15) is 23.4 Å². The zero-order valence-corrected chi connectivity index (χ0v) is 27.2. The summed E-state index contributed by atoms with van der Waals surface area (Å²) < 4.78 is 33.5. The van der Waals surface area contributed by atoms with E-state index in [1.165, 1.54) is 0 Å². The van der Waals surface area contributed by atoms with E-state index in [2.05, 4.69) is 48.5 Å². The largest absolute Gasteiger partial charge is 0.462 e. The topological polar surface area (TPSA) is 63.2 Å². The maximum Gasteiger partial charge on any atom is 0.461 e. The third-order valence-electron chi connectivity index (χ3n) is 9.86. The number of ether oxygens (including phenoxy) is 3. The van der Waals surface area contributed by atoms with Gasteiger partial charge in [-0.1, -0.05) is 140 Å². The number of rotatable bonds is 12. The average molecular weight is 639 g/mol. The van der Waals surface area contributed by atoms with Gasteiger partial charge in [-0.15, -0.1) is 0 Å². The number of benzene rings is 5. The number of hydrogen-bond acceptors (Lipinski definition) is 6. The molecule has 0 bridgehead atoms. The van der Waals surface area contributed by atoms with Gasteiger partial charge < -0.3 is 23.5 Å². The highest BCUT2D eigenvalue weighted by molar-refractivity contribution is 6.48. The molecule has 1 saturated carbocycles. The molecule has 2 fully saturated rings. The van der Waals surface area contributed by atoms with E-state index in [0.29, 0.717) is 5.56 Å². The quantitative estimate of drug-likeness (QED) is 0.103. The van der Waals surface area contributed by atoms with Crippen molar-refractivity contribution >= 4 is 13.1 Å². The van der Waals surface area contributed by atoms with Crippen LogP contribution in [0.15, 0.2) is 152 Å². The van der Waals surface area contributed by atoms with Crippen LogP contribution in [0.25, 0.3) is 0 Å². The smallest absolute Gasteiger partial charge is 0.461 e. The van der Waals surface area contributed by atoms with Crippen LogP contribution in [0.4, 0.5) is 0 Å². The third-order valence-corrected chi connectivity index (χ3v) is 9.86. The van der Waals surface area contributed by atoms with Crippen LogP contribution >= 0.6 is 0 Å². The average Bonchev–Trinajstić information content (AvgIpc) is 3.82. The minimum atomic E-state index is -1.07. The van der Waals surface area contributed by atoms with Gasteiger partial charge in [0.15, 0.2) is 0 Å². The highest BCUT2D eigenvalue weighted by atomic mass is 16.7. The van der Waals surface area contributed by atoms with Gasteiger partial charge >= 0.3 is 13.1 Å². The molecular formula is C41H39BO6. The normalized spacial score (nSPS) is 20.8. The SMILES string of the molecule is COC(c1ccccc1)(c1ccccc1)[C@@H]1OB([C@@H]2C[C@H]2COC(=O)c2ccccc2)O[C@H]1C(OC)(c1ccccc1)c1ccccc1. The summed E-state index contributed by atoms with van der Waals surface area (Å²) in [7, 11) is 2.87. The van der Waals surface area contributed by atoms with Gasteiger partial charge in [-0.3, -0.25) is 0 Å². The fraction of sp³-hybridized carbons (Fsp3) is 0.244. The molecule has 1 aliphatic heterocycles. The van der Waals surface area contributed by atoms with Gasteiger partial charge in [-0.2, -0.15) is 0 Å². The lowest BCUT2D eigenvalue weighted by Crippen LogP contribution is -2.56. The van der Waals surface area contributed by atoms with E-state index in [-0.39, 0.29) is 24.3 Å². The van der Waals surface area contributed by atoms with Gasteiger partial charge in [0.2, 0.25) is 0 Å². The van der Waals surface area contributed by atoms with Gasteiger partial charge in [-0.25, -0.2) is 4.79 Å². The van der Waals surface area contributed by atoms with Crippen LogP contribution < -0.4 is 0 Å². The van der Waals surface area contributed by atoms with Crippen LogP contribution in [-0.2, 0) is 34.7 Å². The predicted molar refractivity (Wildman–Crippen MR) is 185 cm³/mol. The van der Waals surface area contributed by atoms with E-state index in [4.69, 9.17) is 23.5 Å². The predicted octanol–water partition coefficient (Wildman–Crippen LogP) is 7.69. The molecular weight excluding hydrogens is 599 g/mol. The van der Waals surface area contributed by atoms with E-state index in [1.54, 1.807) is 26.4 Å². The standard InChI is InChI=1S/C41H39BO6/c1-44-40(32-20-10-4-11-21-32,33-22-12-5-13-23-33)37-38(41(45-2,34-24-14-6-15-25-34)35-26-16-7-17-27-35)48-42(47-37)36-28-31(36)29-46-39(43)30-18-8-3-9-19-30/h3-27,31,36-38H,28-29H2,1-2H3/t31-,36+,37+,38+/m0/s1. The molecule has 7 heteroatoms. The van der Waals surface area contributed by atoms with E-state index < -0.39 is 30.5 Å². The Kier molecular flexibility index (Phi) is 9.29. The summed E-state index contributed by atoms with van der Waals surface area (Å²) in [5, 5.41) is 0. The van der Waals surface area contributed by atoms with Gasteiger partial charge in [0, 0.05) is 20.0 Å². The highest BCUT2D eigenvalue weighted by Gasteiger charge is 2.65. The minimum Gasteiger partial charge on any atom is -0.462 e. The molecule has 5 aromatic rings. The molecule has 0 aromatic heterocycles. The Labute approximate surface area is 282 Å². The van der Waals surface area contributed by atoms with Crippen LogP contribution in [0.1, 0.15) is 39.0 Å². The molecule has 4 atom stereocenters. The summed E-state index contributed by atoms with van der Waals surface area (Å²) in [4.78, 5) is 12.8. The Hall–Kier alpha value is -4.53. The molecule has 48 heavy (non-hydrogen) atoms. The fourth-order valence-corrected chi connectivity index (χ4v) is 7.36. The van der Waals surface area contributed by atoms with Crippen molar-refractivity contribution in [2.24, 2.45) is 5.92 Å². The van der Waals surface area contributed by atoms with Crippen molar-refractivity contribution < 1.29 is 28.3 Å². The van der Waals surface area contributed by atoms with Crippen molar-refractivity contribution in [3.05, 3.63) is 179 Å². The molecule has 1 saturated heterocycles. The first kappa shape index (κ1) is 32.0. The summed E-state index contributed by atoms with van der Waals surface area (Å²) >= 11 is 0. The first-order valence-corrected chi connectivity index (χ1v) is 16.5. The summed E-state index contributed by atoms with van der Waals surface area (Å²) in [5.41, 5.74) is 2.15. The second-order valence-corrected chi connectivity index (χ2v) is 12.4. The molecule has 1 aliphatic carbocycles. The van der Waals surface area contributed by atoms with Crippen LogP contribution in [0.2, 0.25) is 5.82 Å². The molecule has 1 heterocycles. The van der Waals surface area contributed by atoms with Gasteiger partial charge in [0.25, 0.3) is 0 Å². The lowest BCUT2D eigenvalue weighted by Gasteiger charge is -2.47. The lowest BCUT2D eigenvalue weighted by molar-refractivity contribution is -0.136. The van der Waals surface area contributed by atoms with Crippen LogP contribution in [0, 0.1) is 5.92 Å². The molecule has 242 valence electrons. The second-order valence-electron chi connectivity index (χ2n) is 12.4. The Morgan fingerprint density at radius 2 is 0.958 bits per heavy atom. The monoisotopic (exact) mass is 638 g/mol. The van der Waals surface area contributed by atoms with Crippen LogP contribution in [0.5, 0.6) is 0 Å². The van der Waals surface area contributed by atoms with Crippen molar-refractivity contribution in [3.8, 4) is 0 Å². The highest BCUT2D eigenvalue weighted by Crippen LogP contribution is 2.56. The summed E-state index contributed by atoms with van der Waals surface area (Å²) in [5.74, 6) is -0.218. The van der Waals surface area contributed by atoms with Crippen molar-refractivity contribution in [1.82, 2.24) is 0 Å². The molecule has 0 N–H and O–H groups in total. The molecule has 7 rings (SSSR count). The second kappa shape index (κ2) is 13.9. The fourth-order valence-electron chi connectivity index (χ4n) is 7.36. The molecule has 0 radical (unpaired) electrons. The third kappa shape index (κ3) is 5.77. The zero-order chi connectivity index (χ0) is 33.0. The molecule has 0 amide bonds. The van der Waals surface area contributed by atoms with Crippen molar-refractivity contribution in [3.63, 3.8) is 0 Å². The zero-order valence-electron chi connectivity index (χ0n) is 27.2. The van der Waals surface area contributed by atoms with Crippen LogP contribution in [0.3, 0.4) is 0 Å². The van der Waals surface area contributed by atoms with Gasteiger partial charge in [0.05, 0.1) is 12.2 Å². The summed E-state index contributed by atoms with van der Waals surface area (Å²) in [6.45, 7) is 0.288. The van der Waals surface area contributed by atoms with E-state index >= 15 is 0 Å². The van der Waals surface area contributed by atoms with Crippen molar-refractivity contribution in [2.75, 3.05) is 20.8 Å². The number of esters is 1. The lowest BCUT2D eigenvalue weighted by atomic mass is 9.71. The molecule has 0 spiro atoms.